The number of benzene rings is 2. The van der Waals surface area contributed by atoms with Crippen LogP contribution in [0.2, 0.25) is 5.02 Å². The van der Waals surface area contributed by atoms with E-state index < -0.39 is 15.7 Å². The van der Waals surface area contributed by atoms with Crippen LogP contribution < -0.4 is 20.5 Å². The fraction of sp³-hybridized carbons (Fsp3) is 0.238. The second-order valence-corrected chi connectivity index (χ2v) is 10.2. The first kappa shape index (κ1) is 24.7. The second-order valence-electron chi connectivity index (χ2n) is 6.69. The third-order valence-corrected chi connectivity index (χ3v) is 7.67. The van der Waals surface area contributed by atoms with E-state index in [0.717, 1.165) is 0 Å². The lowest BCUT2D eigenvalue weighted by atomic mass is 10.3. The van der Waals surface area contributed by atoms with Gasteiger partial charge >= 0.3 is 0 Å². The summed E-state index contributed by atoms with van der Waals surface area (Å²) in [5.74, 6) is 0.992. The molecule has 12 heteroatoms. The Hall–Kier alpha value is -2.89. The van der Waals surface area contributed by atoms with Crippen molar-refractivity contribution in [3.63, 3.8) is 0 Å². The van der Waals surface area contributed by atoms with Crippen molar-refractivity contribution in [2.45, 2.75) is 28.3 Å². The van der Waals surface area contributed by atoms with E-state index in [9.17, 15) is 13.2 Å². The Bertz CT molecular complexity index is 1260. The summed E-state index contributed by atoms with van der Waals surface area (Å²) in [5, 5.41) is 7.55. The molecule has 1 heterocycles. The highest BCUT2D eigenvalue weighted by Crippen LogP contribution is 2.35. The van der Waals surface area contributed by atoms with Gasteiger partial charge in [0, 0.05) is 5.69 Å². The van der Waals surface area contributed by atoms with Gasteiger partial charge in [0.2, 0.25) is 15.7 Å². The van der Waals surface area contributed by atoms with E-state index in [1.165, 1.54) is 42.8 Å². The van der Waals surface area contributed by atoms with Crippen molar-refractivity contribution >= 4 is 50.6 Å². The number of ether oxygens (including phenoxy) is 2. The van der Waals surface area contributed by atoms with Gasteiger partial charge in [-0.2, -0.15) is 5.10 Å². The molecule has 3 N–H and O–H groups in total. The van der Waals surface area contributed by atoms with Crippen LogP contribution in [0.15, 0.2) is 57.3 Å². The zero-order chi connectivity index (χ0) is 24.2. The zero-order valence-corrected chi connectivity index (χ0v) is 20.6. The molecule has 9 nitrogen and oxygen atoms in total. The Morgan fingerprint density at radius 1 is 1.18 bits per heavy atom. The number of nitrogens with zero attached hydrogens (tertiary/aromatic N) is 2. The van der Waals surface area contributed by atoms with Crippen molar-refractivity contribution in [1.82, 2.24) is 9.78 Å². The van der Waals surface area contributed by atoms with Gasteiger partial charge in [-0.1, -0.05) is 18.5 Å². The Kier molecular flexibility index (Phi) is 7.77. The SMILES string of the molecule is CCSc1nn(CC(=O)Nc2ccc(OC)c(Cl)c2)c(N)c1S(=O)(=O)c1ccc(OC)cc1. The number of anilines is 2. The molecule has 0 aliphatic rings. The molecule has 0 unspecified atom stereocenters. The molecule has 0 fully saturated rings. The highest BCUT2D eigenvalue weighted by Gasteiger charge is 2.30. The minimum absolute atomic E-state index is 0.0461. The molecule has 0 bridgehead atoms. The molecule has 0 radical (unpaired) electrons. The van der Waals surface area contributed by atoms with E-state index >= 15 is 0 Å². The fourth-order valence-electron chi connectivity index (χ4n) is 2.99. The topological polar surface area (TPSA) is 126 Å². The van der Waals surface area contributed by atoms with E-state index in [4.69, 9.17) is 26.8 Å². The summed E-state index contributed by atoms with van der Waals surface area (Å²) in [6.45, 7) is 1.58. The molecule has 3 aromatic rings. The minimum atomic E-state index is -3.98. The van der Waals surface area contributed by atoms with Crippen LogP contribution in [0.5, 0.6) is 11.5 Å². The summed E-state index contributed by atoms with van der Waals surface area (Å²) < 4.78 is 38.0. The Morgan fingerprint density at radius 3 is 2.45 bits per heavy atom. The van der Waals surface area contributed by atoms with Gasteiger partial charge in [0.15, 0.2) is 0 Å². The summed E-state index contributed by atoms with van der Waals surface area (Å²) >= 11 is 7.32. The number of carbonyl (C=O) groups excluding carboxylic acids is 1. The molecule has 0 atom stereocenters. The smallest absolute Gasteiger partial charge is 0.246 e. The van der Waals surface area contributed by atoms with E-state index in [1.54, 1.807) is 30.3 Å². The summed E-state index contributed by atoms with van der Waals surface area (Å²) in [4.78, 5) is 12.5. The van der Waals surface area contributed by atoms with Crippen molar-refractivity contribution in [2.75, 3.05) is 31.0 Å². The number of halogens is 1. The highest BCUT2D eigenvalue weighted by molar-refractivity contribution is 8.00. The highest BCUT2D eigenvalue weighted by atomic mass is 35.5. The maximum Gasteiger partial charge on any atom is 0.246 e. The number of methoxy groups -OCH3 is 2. The van der Waals surface area contributed by atoms with Gasteiger partial charge in [-0.05, 0) is 48.2 Å². The van der Waals surface area contributed by atoms with Crippen LogP contribution in [0.4, 0.5) is 11.5 Å². The van der Waals surface area contributed by atoms with Gasteiger partial charge in [0.05, 0.1) is 24.1 Å². The van der Waals surface area contributed by atoms with Gasteiger partial charge in [0.25, 0.3) is 0 Å². The Morgan fingerprint density at radius 2 is 1.88 bits per heavy atom. The molecule has 0 saturated carbocycles. The number of rotatable bonds is 9. The number of hydrogen-bond acceptors (Lipinski definition) is 8. The van der Waals surface area contributed by atoms with E-state index in [2.05, 4.69) is 10.4 Å². The van der Waals surface area contributed by atoms with Crippen molar-refractivity contribution in [2.24, 2.45) is 0 Å². The number of amides is 1. The number of nitrogens with two attached hydrogens (primary N) is 1. The summed E-state index contributed by atoms with van der Waals surface area (Å²) in [7, 11) is -1.00. The molecule has 1 aromatic heterocycles. The van der Waals surface area contributed by atoms with E-state index in [-0.39, 0.29) is 27.2 Å². The van der Waals surface area contributed by atoms with Crippen LogP contribution in [0.25, 0.3) is 0 Å². The summed E-state index contributed by atoms with van der Waals surface area (Å²) in [6.07, 6.45) is 0. The van der Waals surface area contributed by atoms with Gasteiger partial charge in [-0.3, -0.25) is 4.79 Å². The van der Waals surface area contributed by atoms with Crippen molar-refractivity contribution in [3.8, 4) is 11.5 Å². The summed E-state index contributed by atoms with van der Waals surface area (Å²) in [6, 6.07) is 10.8. The quantitative estimate of drug-likeness (QED) is 0.417. The van der Waals surface area contributed by atoms with E-state index in [0.29, 0.717) is 28.0 Å². The van der Waals surface area contributed by atoms with Crippen LogP contribution in [0.3, 0.4) is 0 Å². The monoisotopic (exact) mass is 510 g/mol. The van der Waals surface area contributed by atoms with Crippen LogP contribution in [0, 0.1) is 0 Å². The zero-order valence-electron chi connectivity index (χ0n) is 18.2. The molecule has 0 aliphatic carbocycles. The first-order valence-electron chi connectivity index (χ1n) is 9.72. The molecular formula is C21H23ClN4O5S2. The predicted molar refractivity (Wildman–Crippen MR) is 128 cm³/mol. The van der Waals surface area contributed by atoms with Crippen molar-refractivity contribution < 1.29 is 22.7 Å². The molecule has 3 rings (SSSR count). The minimum Gasteiger partial charge on any atom is -0.497 e. The average Bonchev–Trinajstić information content (AvgIpc) is 3.09. The number of nitrogens with one attached hydrogen (secondary N) is 1. The van der Waals surface area contributed by atoms with Crippen molar-refractivity contribution in [1.29, 1.82) is 0 Å². The first-order chi connectivity index (χ1) is 15.7. The predicted octanol–water partition coefficient (Wildman–Crippen LogP) is 3.72. The average molecular weight is 511 g/mol. The lowest BCUT2D eigenvalue weighted by Gasteiger charge is -2.09. The number of nitrogen functional groups attached to an aromatic ring is 1. The molecule has 0 spiro atoms. The number of hydrogen-bond donors (Lipinski definition) is 2. The van der Waals surface area contributed by atoms with Crippen LogP contribution >= 0.6 is 23.4 Å². The first-order valence-corrected chi connectivity index (χ1v) is 12.6. The van der Waals surface area contributed by atoms with Gasteiger partial charge in [0.1, 0.15) is 33.8 Å². The van der Waals surface area contributed by atoms with Crippen molar-refractivity contribution in [3.05, 3.63) is 47.5 Å². The maximum atomic E-state index is 13.3. The van der Waals surface area contributed by atoms with Crippen LogP contribution in [0.1, 0.15) is 6.92 Å². The third kappa shape index (κ3) is 5.37. The van der Waals surface area contributed by atoms with Gasteiger partial charge in [-0.25, -0.2) is 13.1 Å². The van der Waals surface area contributed by atoms with Crippen LogP contribution in [-0.4, -0.2) is 44.1 Å². The normalized spacial score (nSPS) is 11.3. The molecule has 0 saturated heterocycles. The largest absolute Gasteiger partial charge is 0.497 e. The molecule has 176 valence electrons. The maximum absolute atomic E-state index is 13.3. The molecular weight excluding hydrogens is 488 g/mol. The number of sulfone groups is 1. The van der Waals surface area contributed by atoms with Crippen LogP contribution in [-0.2, 0) is 21.2 Å². The summed E-state index contributed by atoms with van der Waals surface area (Å²) in [5.41, 5.74) is 6.63. The molecule has 33 heavy (non-hydrogen) atoms. The second kappa shape index (κ2) is 10.4. The number of thioether (sulfide) groups is 1. The molecule has 2 aromatic carbocycles. The third-order valence-electron chi connectivity index (χ3n) is 4.56. The standard InChI is InChI=1S/C21H23ClN4O5S2/c1-4-32-21-19(33(28,29)15-8-6-14(30-2)7-9-15)20(23)26(25-21)12-18(27)24-13-5-10-17(31-3)16(22)11-13/h5-11H,4,12,23H2,1-3H3,(H,24,27). The van der Waals surface area contributed by atoms with Gasteiger partial charge in [-0.15, -0.1) is 11.8 Å². The van der Waals surface area contributed by atoms with E-state index in [1.807, 2.05) is 6.92 Å². The Balaban J connectivity index is 1.90. The number of aromatic nitrogens is 2. The fourth-order valence-corrected chi connectivity index (χ4v) is 5.80. The lowest BCUT2D eigenvalue weighted by molar-refractivity contribution is -0.116. The van der Waals surface area contributed by atoms with Gasteiger partial charge < -0.3 is 20.5 Å². The Labute approximate surface area is 201 Å². The molecule has 0 aliphatic heterocycles. The molecule has 1 amide bonds. The number of carbonyl (C=O) groups is 1. The lowest BCUT2D eigenvalue weighted by Crippen LogP contribution is -2.21.